The molecular formula is C19H18N2O3. The minimum atomic E-state index is -0.224. The van der Waals surface area contributed by atoms with Crippen molar-refractivity contribution in [2.24, 2.45) is 5.10 Å². The molecule has 0 saturated heterocycles. The van der Waals surface area contributed by atoms with Crippen molar-refractivity contribution in [3.05, 3.63) is 64.7 Å². The second-order valence-electron chi connectivity index (χ2n) is 5.64. The van der Waals surface area contributed by atoms with Crippen LogP contribution in [0, 0.1) is 6.92 Å². The third kappa shape index (κ3) is 3.30. The summed E-state index contributed by atoms with van der Waals surface area (Å²) in [7, 11) is 1.49. The lowest BCUT2D eigenvalue weighted by molar-refractivity contribution is -0.117. The predicted octanol–water partition coefficient (Wildman–Crippen LogP) is 3.02. The smallest absolute Gasteiger partial charge is 0.267 e. The van der Waals surface area contributed by atoms with Crippen molar-refractivity contribution in [3.63, 3.8) is 0 Å². The topological polar surface area (TPSA) is 70.9 Å². The van der Waals surface area contributed by atoms with Gasteiger partial charge in [-0.15, -0.1) is 0 Å². The van der Waals surface area contributed by atoms with Crippen LogP contribution in [0.5, 0.6) is 11.5 Å². The van der Waals surface area contributed by atoms with Crippen LogP contribution >= 0.6 is 0 Å². The summed E-state index contributed by atoms with van der Waals surface area (Å²) in [5.74, 6) is 0.209. The molecule has 122 valence electrons. The number of hydrogen-bond donors (Lipinski definition) is 2. The lowest BCUT2D eigenvalue weighted by Gasteiger charge is -2.16. The molecule has 0 bridgehead atoms. The molecule has 24 heavy (non-hydrogen) atoms. The number of hydrazone groups is 1. The lowest BCUT2D eigenvalue weighted by Crippen LogP contribution is -2.28. The van der Waals surface area contributed by atoms with Crippen LogP contribution in [0.3, 0.4) is 0 Å². The van der Waals surface area contributed by atoms with Gasteiger partial charge in [-0.25, -0.2) is 5.43 Å². The normalized spacial score (nSPS) is 15.8. The van der Waals surface area contributed by atoms with Crippen molar-refractivity contribution in [1.82, 2.24) is 5.43 Å². The Morgan fingerprint density at radius 1 is 1.21 bits per heavy atom. The molecule has 5 nitrogen and oxygen atoms in total. The molecule has 0 saturated carbocycles. The molecule has 1 aliphatic heterocycles. The maximum Gasteiger partial charge on any atom is 0.267 e. The molecule has 1 amide bonds. The monoisotopic (exact) mass is 322 g/mol. The fraction of sp³-hybridized carbons (Fsp3) is 0.158. The van der Waals surface area contributed by atoms with Gasteiger partial charge in [-0.3, -0.25) is 4.79 Å². The van der Waals surface area contributed by atoms with Gasteiger partial charge in [-0.2, -0.15) is 5.10 Å². The molecule has 2 aromatic rings. The second kappa shape index (κ2) is 6.58. The molecule has 2 aromatic carbocycles. The number of methoxy groups -OCH3 is 1. The number of amides is 1. The Bertz CT molecular complexity index is 836. The van der Waals surface area contributed by atoms with Gasteiger partial charge in [0, 0.05) is 12.0 Å². The van der Waals surface area contributed by atoms with Gasteiger partial charge in [0.25, 0.3) is 5.91 Å². The van der Waals surface area contributed by atoms with E-state index in [0.29, 0.717) is 17.7 Å². The Balaban J connectivity index is 1.89. The van der Waals surface area contributed by atoms with Crippen molar-refractivity contribution < 1.29 is 14.6 Å². The fourth-order valence-corrected chi connectivity index (χ4v) is 2.50. The first kappa shape index (κ1) is 15.8. The average Bonchev–Trinajstić information content (AvgIpc) is 2.59. The standard InChI is InChI=1S/C19H18N2O3/c1-12-3-6-14(7-4-12)16-11-15(19(23)21-20-16)9-13-5-8-17(22)18(10-13)24-2/h3-10,22H,11H2,1-2H3,(H,21,23)/b15-9-. The molecule has 0 unspecified atom stereocenters. The van der Waals surface area contributed by atoms with Gasteiger partial charge in [0.15, 0.2) is 11.5 Å². The van der Waals surface area contributed by atoms with Gasteiger partial charge in [0.05, 0.1) is 12.8 Å². The highest BCUT2D eigenvalue weighted by Gasteiger charge is 2.19. The van der Waals surface area contributed by atoms with Crippen LogP contribution < -0.4 is 10.2 Å². The van der Waals surface area contributed by atoms with E-state index in [2.05, 4.69) is 10.5 Å². The molecule has 0 fully saturated rings. The number of nitrogens with zero attached hydrogens (tertiary/aromatic N) is 1. The number of phenolic OH excluding ortho intramolecular Hbond substituents is 1. The van der Waals surface area contributed by atoms with Gasteiger partial charge < -0.3 is 9.84 Å². The van der Waals surface area contributed by atoms with E-state index < -0.39 is 0 Å². The quantitative estimate of drug-likeness (QED) is 0.853. The number of carbonyl (C=O) groups excluding carboxylic acids is 1. The van der Waals surface area contributed by atoms with E-state index in [1.165, 1.54) is 12.7 Å². The van der Waals surface area contributed by atoms with Gasteiger partial charge in [0.1, 0.15) is 0 Å². The summed E-state index contributed by atoms with van der Waals surface area (Å²) in [4.78, 5) is 12.1. The van der Waals surface area contributed by atoms with Crippen LogP contribution in [0.25, 0.3) is 6.08 Å². The van der Waals surface area contributed by atoms with Gasteiger partial charge in [0.2, 0.25) is 0 Å². The maximum absolute atomic E-state index is 12.1. The van der Waals surface area contributed by atoms with Crippen LogP contribution in [0.4, 0.5) is 0 Å². The van der Waals surface area contributed by atoms with E-state index in [9.17, 15) is 9.90 Å². The van der Waals surface area contributed by atoms with E-state index >= 15 is 0 Å². The Hall–Kier alpha value is -3.08. The summed E-state index contributed by atoms with van der Waals surface area (Å²) in [5.41, 5.74) is 6.90. The highest BCUT2D eigenvalue weighted by Crippen LogP contribution is 2.28. The molecule has 0 aliphatic carbocycles. The molecule has 0 spiro atoms. The zero-order valence-electron chi connectivity index (χ0n) is 13.5. The summed E-state index contributed by atoms with van der Waals surface area (Å²) in [5, 5.41) is 13.8. The van der Waals surface area contributed by atoms with Crippen molar-refractivity contribution in [1.29, 1.82) is 0 Å². The predicted molar refractivity (Wildman–Crippen MR) is 93.1 cm³/mol. The number of aromatic hydroxyl groups is 1. The number of nitrogens with one attached hydrogen (secondary N) is 1. The largest absolute Gasteiger partial charge is 0.504 e. The SMILES string of the molecule is COc1cc(/C=C2/CC(c3ccc(C)cc3)=NNC2=O)ccc1O. The summed E-state index contributed by atoms with van der Waals surface area (Å²) in [6.45, 7) is 2.03. The number of carbonyl (C=O) groups is 1. The Labute approximate surface area is 140 Å². The first-order valence-electron chi connectivity index (χ1n) is 7.58. The number of ether oxygens (including phenoxy) is 1. The highest BCUT2D eigenvalue weighted by atomic mass is 16.5. The molecular weight excluding hydrogens is 304 g/mol. The molecule has 2 N–H and O–H groups in total. The summed E-state index contributed by atoms with van der Waals surface area (Å²) in [6, 6.07) is 13.0. The van der Waals surface area contributed by atoms with E-state index in [4.69, 9.17) is 4.74 Å². The van der Waals surface area contributed by atoms with Crippen LogP contribution in [-0.4, -0.2) is 23.8 Å². The number of phenols is 1. The maximum atomic E-state index is 12.1. The van der Waals surface area contributed by atoms with Crippen LogP contribution in [0.15, 0.2) is 53.1 Å². The third-order valence-corrected chi connectivity index (χ3v) is 3.87. The number of aryl methyl sites for hydroxylation is 1. The van der Waals surface area contributed by atoms with Crippen LogP contribution in [-0.2, 0) is 4.79 Å². The first-order chi connectivity index (χ1) is 11.6. The highest BCUT2D eigenvalue weighted by molar-refractivity contribution is 6.12. The average molecular weight is 322 g/mol. The Morgan fingerprint density at radius 2 is 1.96 bits per heavy atom. The molecule has 5 heteroatoms. The van der Waals surface area contributed by atoms with Gasteiger partial charge in [-0.1, -0.05) is 35.9 Å². The first-order valence-corrected chi connectivity index (χ1v) is 7.58. The number of hydrogen-bond acceptors (Lipinski definition) is 4. The molecule has 1 aliphatic rings. The van der Waals surface area contributed by atoms with Crippen molar-refractivity contribution >= 4 is 17.7 Å². The van der Waals surface area contributed by atoms with Gasteiger partial charge in [-0.05, 0) is 36.3 Å². The number of rotatable bonds is 3. The second-order valence-corrected chi connectivity index (χ2v) is 5.64. The van der Waals surface area contributed by atoms with Crippen LogP contribution in [0.2, 0.25) is 0 Å². The fourth-order valence-electron chi connectivity index (χ4n) is 2.50. The molecule has 0 aromatic heterocycles. The Kier molecular flexibility index (Phi) is 4.33. The third-order valence-electron chi connectivity index (χ3n) is 3.87. The van der Waals surface area contributed by atoms with Gasteiger partial charge >= 0.3 is 0 Å². The Morgan fingerprint density at radius 3 is 2.67 bits per heavy atom. The zero-order valence-corrected chi connectivity index (χ0v) is 13.5. The van der Waals surface area contributed by atoms with Crippen molar-refractivity contribution in [2.45, 2.75) is 13.3 Å². The summed E-state index contributed by atoms with van der Waals surface area (Å²) in [6.07, 6.45) is 2.22. The summed E-state index contributed by atoms with van der Waals surface area (Å²) < 4.78 is 5.10. The van der Waals surface area contributed by atoms with E-state index in [1.807, 2.05) is 31.2 Å². The molecule has 0 atom stereocenters. The van der Waals surface area contributed by atoms with E-state index in [1.54, 1.807) is 24.3 Å². The lowest BCUT2D eigenvalue weighted by atomic mass is 9.98. The van der Waals surface area contributed by atoms with Crippen molar-refractivity contribution in [2.75, 3.05) is 7.11 Å². The minimum Gasteiger partial charge on any atom is -0.504 e. The van der Waals surface area contributed by atoms with E-state index in [-0.39, 0.29) is 11.7 Å². The minimum absolute atomic E-state index is 0.0645. The van der Waals surface area contributed by atoms with Crippen LogP contribution in [0.1, 0.15) is 23.1 Å². The summed E-state index contributed by atoms with van der Waals surface area (Å²) >= 11 is 0. The number of benzene rings is 2. The zero-order chi connectivity index (χ0) is 17.1. The van der Waals surface area contributed by atoms with Crippen molar-refractivity contribution in [3.8, 4) is 11.5 Å². The molecule has 3 rings (SSSR count). The molecule has 1 heterocycles. The van der Waals surface area contributed by atoms with E-state index in [0.717, 1.165) is 16.8 Å². The molecule has 0 radical (unpaired) electrons.